The second kappa shape index (κ2) is 12.5. The number of guanidine groups is 1. The van der Waals surface area contributed by atoms with Crippen LogP contribution in [0.1, 0.15) is 56.5 Å². The number of aliphatic hydroxyl groups is 1. The molecule has 9 heteroatoms. The number of nitrogens with one attached hydrogen (secondary N) is 3. The summed E-state index contributed by atoms with van der Waals surface area (Å²) in [5.74, 6) is 2.71. The largest absolute Gasteiger partial charge is 0.394 e. The van der Waals surface area contributed by atoms with E-state index in [1.165, 1.54) is 6.42 Å². The molecule has 3 saturated carbocycles. The molecule has 2 bridgehead atoms. The minimum absolute atomic E-state index is 0.203. The van der Waals surface area contributed by atoms with Crippen LogP contribution in [0.5, 0.6) is 0 Å². The summed E-state index contributed by atoms with van der Waals surface area (Å²) in [6.45, 7) is 11.9. The lowest BCUT2D eigenvalue weighted by atomic mass is 9.45. The van der Waals surface area contributed by atoms with E-state index in [2.05, 4.69) is 48.5 Å². The summed E-state index contributed by atoms with van der Waals surface area (Å²) in [5.41, 5.74) is 2.66. The van der Waals surface area contributed by atoms with E-state index in [0.29, 0.717) is 45.4 Å². The van der Waals surface area contributed by atoms with E-state index in [4.69, 9.17) is 28.2 Å². The molecule has 1 heterocycles. The Morgan fingerprint density at radius 1 is 1.17 bits per heavy atom. The maximum atomic E-state index is 13.0. The van der Waals surface area contributed by atoms with Crippen molar-refractivity contribution < 1.29 is 9.90 Å². The minimum atomic E-state index is -0.471. The summed E-state index contributed by atoms with van der Waals surface area (Å²) in [6.07, 6.45) is 2.88. The Bertz CT molecular complexity index is 1270. The van der Waals surface area contributed by atoms with Gasteiger partial charge in [-0.15, -0.1) is 0 Å². The van der Waals surface area contributed by atoms with Crippen LogP contribution in [0.3, 0.4) is 0 Å². The number of anilines is 1. The highest BCUT2D eigenvalue weighted by molar-refractivity contribution is 6.35. The van der Waals surface area contributed by atoms with Gasteiger partial charge in [0.05, 0.1) is 18.7 Å². The van der Waals surface area contributed by atoms with Crippen LogP contribution in [0.15, 0.2) is 47.5 Å². The summed E-state index contributed by atoms with van der Waals surface area (Å²) in [6, 6.07) is 12.9. The number of nitrogens with zero attached hydrogens (tertiary/aromatic N) is 2. The quantitative estimate of drug-likeness (QED) is 0.251. The number of halogens is 2. The van der Waals surface area contributed by atoms with E-state index in [9.17, 15) is 9.90 Å². The van der Waals surface area contributed by atoms with Crippen LogP contribution in [0.2, 0.25) is 10.0 Å². The van der Waals surface area contributed by atoms with Gasteiger partial charge in [0.1, 0.15) is 0 Å². The van der Waals surface area contributed by atoms with Crippen molar-refractivity contribution in [1.29, 1.82) is 0 Å². The van der Waals surface area contributed by atoms with Crippen molar-refractivity contribution in [2.75, 3.05) is 31.6 Å². The van der Waals surface area contributed by atoms with Crippen molar-refractivity contribution in [3.63, 3.8) is 0 Å². The zero-order valence-electron chi connectivity index (χ0n) is 24.5. The van der Waals surface area contributed by atoms with Gasteiger partial charge in [0, 0.05) is 47.0 Å². The predicted octanol–water partition coefficient (Wildman–Crippen LogP) is 5.46. The zero-order valence-corrected chi connectivity index (χ0v) is 26.0. The van der Waals surface area contributed by atoms with Gasteiger partial charge in [-0.25, -0.2) is 4.99 Å². The average molecular weight is 601 g/mol. The van der Waals surface area contributed by atoms with Crippen LogP contribution in [0, 0.1) is 23.2 Å². The number of aliphatic imine (C=N–C) groups is 1. The van der Waals surface area contributed by atoms with Gasteiger partial charge < -0.3 is 26.0 Å². The molecule has 0 spiro atoms. The Morgan fingerprint density at radius 3 is 2.56 bits per heavy atom. The van der Waals surface area contributed by atoms with Crippen LogP contribution >= 0.6 is 23.2 Å². The molecule has 2 aromatic rings. The third-order valence-corrected chi connectivity index (χ3v) is 10.3. The SMILES string of the molecule is C[C@H]1[C@@H](N=C(Nc2ccc(C(=O)N[C@H](CO)Cc3ccc(Cl)cc3Cl)cc2)N2CCN[C@@H](C)C2)C[C@@H]2C[C@@H]1C2(C)C. The molecular formula is C32H43Cl2N5O2. The molecule has 7 nitrogen and oxygen atoms in total. The van der Waals surface area contributed by atoms with Crippen molar-refractivity contribution in [3.8, 4) is 0 Å². The highest BCUT2D eigenvalue weighted by Crippen LogP contribution is 2.61. The van der Waals surface area contributed by atoms with Crippen LogP contribution in [0.25, 0.3) is 0 Å². The standard InChI is InChI=1S/C32H43Cl2N5O2/c1-19-17-39(12-11-35-19)31(38-29-15-23-14-27(20(29)2)32(23,3)4)37-25-9-6-21(7-10-25)30(41)36-26(18-40)13-22-5-8-24(33)16-28(22)34/h5-10,16,19-20,23,26-27,29,35,40H,11-15,17-18H2,1-4H3,(H,36,41)(H,37,38)/t19-,20+,23-,26-,27-,29-/m0/s1. The van der Waals surface area contributed by atoms with E-state index in [1.807, 2.05) is 18.2 Å². The maximum Gasteiger partial charge on any atom is 0.251 e. The Morgan fingerprint density at radius 2 is 1.93 bits per heavy atom. The third-order valence-electron chi connectivity index (χ3n) is 9.71. The molecule has 0 radical (unpaired) electrons. The van der Waals surface area contributed by atoms with Crippen LogP contribution in [-0.4, -0.2) is 66.2 Å². The summed E-state index contributed by atoms with van der Waals surface area (Å²) in [5, 5.41) is 21.0. The smallest absolute Gasteiger partial charge is 0.251 e. The topological polar surface area (TPSA) is 89.0 Å². The Hall–Kier alpha value is -2.32. The van der Waals surface area contributed by atoms with E-state index < -0.39 is 6.04 Å². The Labute approximate surface area is 254 Å². The Kier molecular flexibility index (Phi) is 9.19. The van der Waals surface area contributed by atoms with Gasteiger partial charge in [-0.1, -0.05) is 50.0 Å². The Balaban J connectivity index is 1.27. The molecule has 4 fully saturated rings. The van der Waals surface area contributed by atoms with Gasteiger partial charge in [0.2, 0.25) is 0 Å². The fourth-order valence-electron chi connectivity index (χ4n) is 6.98. The van der Waals surface area contributed by atoms with Crippen molar-refractivity contribution in [2.45, 2.75) is 65.1 Å². The molecule has 4 aliphatic rings. The number of piperazine rings is 1. The number of aliphatic hydroxyl groups excluding tert-OH is 1. The van der Waals surface area contributed by atoms with Gasteiger partial charge >= 0.3 is 0 Å². The molecule has 1 aliphatic heterocycles. The zero-order chi connectivity index (χ0) is 29.3. The second-order valence-electron chi connectivity index (χ2n) is 12.8. The lowest BCUT2D eigenvalue weighted by Crippen LogP contribution is -2.57. The first-order chi connectivity index (χ1) is 19.5. The fraction of sp³-hybridized carbons (Fsp3) is 0.562. The van der Waals surface area contributed by atoms with Crippen molar-refractivity contribution in [2.24, 2.45) is 28.2 Å². The third kappa shape index (κ3) is 6.69. The van der Waals surface area contributed by atoms with Crippen molar-refractivity contribution in [1.82, 2.24) is 15.5 Å². The molecule has 0 unspecified atom stereocenters. The predicted molar refractivity (Wildman–Crippen MR) is 168 cm³/mol. The number of carbonyl (C=O) groups is 1. The molecule has 2 aromatic carbocycles. The lowest BCUT2D eigenvalue weighted by Gasteiger charge is -2.61. The first kappa shape index (κ1) is 30.1. The molecule has 6 atom stereocenters. The van der Waals surface area contributed by atoms with E-state index in [0.717, 1.165) is 55.1 Å². The van der Waals surface area contributed by atoms with Gasteiger partial charge in [0.25, 0.3) is 5.91 Å². The normalized spacial score (nSPS) is 28.0. The van der Waals surface area contributed by atoms with E-state index in [-0.39, 0.29) is 12.5 Å². The molecule has 1 amide bonds. The van der Waals surface area contributed by atoms with Crippen LogP contribution in [0.4, 0.5) is 5.69 Å². The molecular weight excluding hydrogens is 557 g/mol. The first-order valence-corrected chi connectivity index (χ1v) is 15.6. The molecule has 0 aromatic heterocycles. The second-order valence-corrected chi connectivity index (χ2v) is 13.6. The summed E-state index contributed by atoms with van der Waals surface area (Å²) < 4.78 is 0. The fourth-order valence-corrected chi connectivity index (χ4v) is 7.47. The molecule has 3 aliphatic carbocycles. The first-order valence-electron chi connectivity index (χ1n) is 14.8. The number of hydrogen-bond donors (Lipinski definition) is 4. The minimum Gasteiger partial charge on any atom is -0.394 e. The number of amides is 1. The number of benzene rings is 2. The average Bonchev–Trinajstić information content (AvgIpc) is 2.94. The van der Waals surface area contributed by atoms with Gasteiger partial charge in [-0.3, -0.25) is 4.79 Å². The number of carbonyl (C=O) groups excluding carboxylic acids is 1. The van der Waals surface area contributed by atoms with Crippen molar-refractivity contribution >= 4 is 40.8 Å². The summed E-state index contributed by atoms with van der Waals surface area (Å²) in [7, 11) is 0. The van der Waals surface area contributed by atoms with Crippen LogP contribution < -0.4 is 16.0 Å². The highest BCUT2D eigenvalue weighted by Gasteiger charge is 2.56. The van der Waals surface area contributed by atoms with Gasteiger partial charge in [-0.2, -0.15) is 0 Å². The molecule has 4 N–H and O–H groups in total. The molecule has 1 saturated heterocycles. The molecule has 6 rings (SSSR count). The number of rotatable bonds is 7. The van der Waals surface area contributed by atoms with Gasteiger partial charge in [-0.05, 0) is 91.3 Å². The highest BCUT2D eigenvalue weighted by atomic mass is 35.5. The number of fused-ring (bicyclic) bond motifs is 2. The maximum absolute atomic E-state index is 13.0. The molecule has 41 heavy (non-hydrogen) atoms. The van der Waals surface area contributed by atoms with Gasteiger partial charge in [0.15, 0.2) is 5.96 Å². The summed E-state index contributed by atoms with van der Waals surface area (Å²) in [4.78, 5) is 20.7. The van der Waals surface area contributed by atoms with E-state index in [1.54, 1.807) is 24.3 Å². The van der Waals surface area contributed by atoms with Crippen molar-refractivity contribution in [3.05, 3.63) is 63.6 Å². The van der Waals surface area contributed by atoms with Crippen LogP contribution in [-0.2, 0) is 6.42 Å². The number of hydrogen-bond acceptors (Lipinski definition) is 4. The lowest BCUT2D eigenvalue weighted by molar-refractivity contribution is -0.108. The monoisotopic (exact) mass is 599 g/mol. The summed E-state index contributed by atoms with van der Waals surface area (Å²) >= 11 is 12.3. The van der Waals surface area contributed by atoms with E-state index >= 15 is 0 Å². The molecule has 222 valence electrons.